The number of hydrogen-bond acceptors (Lipinski definition) is 2. The minimum atomic E-state index is -0.755. The molecule has 0 saturated carbocycles. The summed E-state index contributed by atoms with van der Waals surface area (Å²) in [6.07, 6.45) is 3.47. The van der Waals surface area contributed by atoms with Gasteiger partial charge in [0.25, 0.3) is 5.91 Å². The molecular weight excluding hydrogens is 266 g/mol. The van der Waals surface area contributed by atoms with Crippen LogP contribution >= 0.6 is 0 Å². The van der Waals surface area contributed by atoms with Gasteiger partial charge in [0.2, 0.25) is 0 Å². The monoisotopic (exact) mass is 291 g/mol. The fourth-order valence-corrected chi connectivity index (χ4v) is 2.42. The Morgan fingerprint density at radius 3 is 2.52 bits per heavy atom. The van der Waals surface area contributed by atoms with Crippen molar-refractivity contribution in [2.75, 3.05) is 6.54 Å². The van der Waals surface area contributed by atoms with Crippen molar-refractivity contribution < 1.29 is 14.7 Å². The van der Waals surface area contributed by atoms with Crippen LogP contribution in [0.4, 0.5) is 0 Å². The molecule has 1 rings (SSSR count). The highest BCUT2D eigenvalue weighted by atomic mass is 16.4. The normalized spacial score (nSPS) is 11.9. The second kappa shape index (κ2) is 9.16. The molecule has 0 radical (unpaired) electrons. The van der Waals surface area contributed by atoms with Gasteiger partial charge in [-0.3, -0.25) is 9.59 Å². The standard InChI is InChI=1S/C17H25NO3/c1-3-13(9-10-16(19)20)11-12-18-17(21)15-8-6-5-7-14(15)4-2/h5-8,13H,3-4,9-12H2,1-2H3,(H,18,21)(H,19,20). The van der Waals surface area contributed by atoms with Crippen molar-refractivity contribution in [2.24, 2.45) is 5.92 Å². The molecule has 1 aromatic carbocycles. The predicted octanol–water partition coefficient (Wildman–Crippen LogP) is 3.26. The summed E-state index contributed by atoms with van der Waals surface area (Å²) in [5, 5.41) is 11.6. The Kier molecular flexibility index (Phi) is 7.51. The molecule has 0 bridgehead atoms. The van der Waals surface area contributed by atoms with E-state index < -0.39 is 5.97 Å². The van der Waals surface area contributed by atoms with Gasteiger partial charge in [0.15, 0.2) is 0 Å². The predicted molar refractivity (Wildman–Crippen MR) is 83.4 cm³/mol. The summed E-state index contributed by atoms with van der Waals surface area (Å²) in [5.41, 5.74) is 1.78. The van der Waals surface area contributed by atoms with Crippen LogP contribution < -0.4 is 5.32 Å². The molecule has 4 heteroatoms. The Morgan fingerprint density at radius 2 is 1.90 bits per heavy atom. The molecule has 0 spiro atoms. The van der Waals surface area contributed by atoms with E-state index in [1.165, 1.54) is 0 Å². The summed E-state index contributed by atoms with van der Waals surface area (Å²) >= 11 is 0. The Hall–Kier alpha value is -1.84. The van der Waals surface area contributed by atoms with Crippen LogP contribution in [-0.4, -0.2) is 23.5 Å². The van der Waals surface area contributed by atoms with Crippen molar-refractivity contribution in [3.63, 3.8) is 0 Å². The number of carbonyl (C=O) groups is 2. The molecule has 21 heavy (non-hydrogen) atoms. The minimum Gasteiger partial charge on any atom is -0.481 e. The molecule has 1 atom stereocenters. The first-order chi connectivity index (χ1) is 10.1. The molecule has 0 saturated heterocycles. The largest absolute Gasteiger partial charge is 0.481 e. The van der Waals surface area contributed by atoms with Crippen LogP contribution in [0.3, 0.4) is 0 Å². The molecule has 1 unspecified atom stereocenters. The lowest BCUT2D eigenvalue weighted by atomic mass is 9.96. The van der Waals surface area contributed by atoms with E-state index in [-0.39, 0.29) is 12.3 Å². The first-order valence-electron chi connectivity index (χ1n) is 7.66. The summed E-state index contributed by atoms with van der Waals surface area (Å²) < 4.78 is 0. The molecule has 0 heterocycles. The van der Waals surface area contributed by atoms with Crippen molar-refractivity contribution in [3.8, 4) is 0 Å². The van der Waals surface area contributed by atoms with Crippen LogP contribution in [0, 0.1) is 5.92 Å². The molecule has 1 amide bonds. The SMILES string of the molecule is CCc1ccccc1C(=O)NCCC(CC)CCC(=O)O. The number of carbonyl (C=O) groups excluding carboxylic acids is 1. The molecule has 0 aliphatic heterocycles. The van der Waals surface area contributed by atoms with Crippen LogP contribution in [0.2, 0.25) is 0 Å². The zero-order valence-electron chi connectivity index (χ0n) is 12.9. The second-order valence-electron chi connectivity index (χ2n) is 5.26. The molecule has 2 N–H and O–H groups in total. The van der Waals surface area contributed by atoms with Gasteiger partial charge >= 0.3 is 5.97 Å². The number of amides is 1. The van der Waals surface area contributed by atoms with E-state index in [9.17, 15) is 9.59 Å². The summed E-state index contributed by atoms with van der Waals surface area (Å²) in [6.45, 7) is 4.68. The molecule has 0 aliphatic carbocycles. The molecule has 0 fully saturated rings. The van der Waals surface area contributed by atoms with E-state index in [1.54, 1.807) is 0 Å². The maximum Gasteiger partial charge on any atom is 0.303 e. The Morgan fingerprint density at radius 1 is 1.19 bits per heavy atom. The topological polar surface area (TPSA) is 66.4 Å². The fourth-order valence-electron chi connectivity index (χ4n) is 2.42. The van der Waals surface area contributed by atoms with Gasteiger partial charge < -0.3 is 10.4 Å². The quantitative estimate of drug-likeness (QED) is 0.734. The smallest absolute Gasteiger partial charge is 0.303 e. The molecular formula is C17H25NO3. The Labute approximate surface area is 126 Å². The van der Waals surface area contributed by atoms with Crippen molar-refractivity contribution in [2.45, 2.75) is 46.0 Å². The van der Waals surface area contributed by atoms with E-state index in [2.05, 4.69) is 12.2 Å². The van der Waals surface area contributed by atoms with Gasteiger partial charge in [0, 0.05) is 18.5 Å². The van der Waals surface area contributed by atoms with Crippen LogP contribution in [0.15, 0.2) is 24.3 Å². The Bertz CT molecular complexity index is 471. The number of hydrogen-bond donors (Lipinski definition) is 2. The van der Waals surface area contributed by atoms with Gasteiger partial charge in [-0.1, -0.05) is 38.5 Å². The van der Waals surface area contributed by atoms with Gasteiger partial charge in [0.05, 0.1) is 0 Å². The van der Waals surface area contributed by atoms with Gasteiger partial charge in [-0.05, 0) is 36.8 Å². The zero-order chi connectivity index (χ0) is 15.7. The maximum absolute atomic E-state index is 12.2. The molecule has 116 valence electrons. The van der Waals surface area contributed by atoms with Crippen LogP contribution in [-0.2, 0) is 11.2 Å². The fraction of sp³-hybridized carbons (Fsp3) is 0.529. The second-order valence-corrected chi connectivity index (χ2v) is 5.26. The summed E-state index contributed by atoms with van der Waals surface area (Å²) in [6, 6.07) is 7.62. The molecule has 1 aromatic rings. The number of carboxylic acid groups (broad SMARTS) is 1. The van der Waals surface area contributed by atoms with Crippen molar-refractivity contribution in [1.82, 2.24) is 5.32 Å². The van der Waals surface area contributed by atoms with Gasteiger partial charge in [-0.2, -0.15) is 0 Å². The highest BCUT2D eigenvalue weighted by Gasteiger charge is 2.12. The van der Waals surface area contributed by atoms with Crippen molar-refractivity contribution in [3.05, 3.63) is 35.4 Å². The Balaban J connectivity index is 2.43. The highest BCUT2D eigenvalue weighted by Crippen LogP contribution is 2.15. The van der Waals surface area contributed by atoms with E-state index in [0.717, 1.165) is 30.4 Å². The first kappa shape index (κ1) is 17.2. The lowest BCUT2D eigenvalue weighted by Crippen LogP contribution is -2.27. The van der Waals surface area contributed by atoms with Gasteiger partial charge in [0.1, 0.15) is 0 Å². The number of carboxylic acids is 1. The zero-order valence-corrected chi connectivity index (χ0v) is 12.9. The lowest BCUT2D eigenvalue weighted by molar-refractivity contribution is -0.137. The molecule has 0 aromatic heterocycles. The third kappa shape index (κ3) is 5.98. The summed E-state index contributed by atoms with van der Waals surface area (Å²) in [4.78, 5) is 22.7. The average Bonchev–Trinajstić information content (AvgIpc) is 2.50. The number of aryl methyl sites for hydroxylation is 1. The first-order valence-corrected chi connectivity index (χ1v) is 7.66. The number of nitrogens with one attached hydrogen (secondary N) is 1. The third-order valence-electron chi connectivity index (χ3n) is 3.82. The van der Waals surface area contributed by atoms with Crippen LogP contribution in [0.5, 0.6) is 0 Å². The number of rotatable bonds is 9. The summed E-state index contributed by atoms with van der Waals surface area (Å²) in [5.74, 6) is -0.447. The molecule has 4 nitrogen and oxygen atoms in total. The lowest BCUT2D eigenvalue weighted by Gasteiger charge is -2.14. The van der Waals surface area contributed by atoms with E-state index in [1.807, 2.05) is 31.2 Å². The van der Waals surface area contributed by atoms with Gasteiger partial charge in [-0.25, -0.2) is 0 Å². The van der Waals surface area contributed by atoms with Crippen LogP contribution in [0.25, 0.3) is 0 Å². The van der Waals surface area contributed by atoms with E-state index in [4.69, 9.17) is 5.11 Å². The van der Waals surface area contributed by atoms with Gasteiger partial charge in [-0.15, -0.1) is 0 Å². The minimum absolute atomic E-state index is 0.0412. The highest BCUT2D eigenvalue weighted by molar-refractivity contribution is 5.95. The summed E-state index contributed by atoms with van der Waals surface area (Å²) in [7, 11) is 0. The van der Waals surface area contributed by atoms with Crippen molar-refractivity contribution >= 4 is 11.9 Å². The van der Waals surface area contributed by atoms with Crippen LogP contribution in [0.1, 0.15) is 55.5 Å². The third-order valence-corrected chi connectivity index (χ3v) is 3.82. The van der Waals surface area contributed by atoms with E-state index >= 15 is 0 Å². The number of benzene rings is 1. The van der Waals surface area contributed by atoms with E-state index in [0.29, 0.717) is 18.9 Å². The molecule has 0 aliphatic rings. The van der Waals surface area contributed by atoms with Crippen molar-refractivity contribution in [1.29, 1.82) is 0 Å². The number of aliphatic carboxylic acids is 1. The maximum atomic E-state index is 12.2. The average molecular weight is 291 g/mol.